The van der Waals surface area contributed by atoms with E-state index in [9.17, 15) is 92.0 Å². The number of primary amides is 1. The molecule has 0 aliphatic carbocycles. The quantitative estimate of drug-likeness (QED) is 0.00981. The predicted molar refractivity (Wildman–Crippen MR) is 386 cm³/mol. The Labute approximate surface area is 612 Å². The lowest BCUT2D eigenvalue weighted by atomic mass is 9.96. The van der Waals surface area contributed by atoms with Crippen LogP contribution in [-0.2, 0) is 83.1 Å². The molecule has 13 amide bonds. The van der Waals surface area contributed by atoms with Crippen LogP contribution in [0.2, 0.25) is 0 Å². The van der Waals surface area contributed by atoms with E-state index in [2.05, 4.69) is 81.4 Å². The Morgan fingerprint density at radius 3 is 1.47 bits per heavy atom. The number of nitrogens with one attached hydrogen (secondary N) is 12. The van der Waals surface area contributed by atoms with E-state index in [1.54, 1.807) is 78.1 Å². The van der Waals surface area contributed by atoms with Gasteiger partial charge >= 0.3 is 17.9 Å². The minimum Gasteiger partial charge on any atom is -0.481 e. The van der Waals surface area contributed by atoms with Crippen molar-refractivity contribution < 1.29 is 92.0 Å². The molecular formula is C64H105N17O19S3. The molecule has 1 aromatic carbocycles. The summed E-state index contributed by atoms with van der Waals surface area (Å²) in [4.78, 5) is 217. The molecule has 0 spiro atoms. The highest BCUT2D eigenvalue weighted by Gasteiger charge is 2.38. The second kappa shape index (κ2) is 48.8. The van der Waals surface area contributed by atoms with Gasteiger partial charge in [-0.15, -0.1) is 11.8 Å². The summed E-state index contributed by atoms with van der Waals surface area (Å²) in [5.41, 5.74) is 22.8. The van der Waals surface area contributed by atoms with E-state index in [0.29, 0.717) is 12.0 Å². The Balaban J connectivity index is 3.68. The zero-order chi connectivity index (χ0) is 78.2. The molecule has 0 fully saturated rings. The summed E-state index contributed by atoms with van der Waals surface area (Å²) in [6.07, 6.45) is -1.31. The normalized spacial score (nSPS) is 14.8. The number of nitrogens with zero attached hydrogens (tertiary/aromatic N) is 1. The summed E-state index contributed by atoms with van der Waals surface area (Å²) < 4.78 is 0. The SMILES string of the molecule is CC[C@H](C)[C@H](NC(=O)[C@H](Cc1ccccc1)NC(=O)[C@H](CC(C)C)NC(=O)[C@H](CCCN=C(N)N)NC(=O)[C@@H](NC(=O)[C@H](C)NC(=O)[C@H](CSCNC(C)=O)NC(=O)[C@H](CCC(=O)O)NC(=O)[C@H](CCC(=O)O)NC(=O)[C@H](CCSC)NC(=O)[C@@H](N)CCC(N)=O)C(C)C)C(=O)N[C@@H](CS)C(=O)O. The van der Waals surface area contributed by atoms with E-state index in [0.717, 1.165) is 11.8 Å². The summed E-state index contributed by atoms with van der Waals surface area (Å²) in [5.74, 6) is -18.2. The number of aliphatic carboxylic acids is 3. The van der Waals surface area contributed by atoms with Crippen LogP contribution >= 0.6 is 36.2 Å². The third kappa shape index (κ3) is 37.2. The largest absolute Gasteiger partial charge is 0.481 e. The predicted octanol–water partition coefficient (Wildman–Crippen LogP) is -3.70. The molecule has 39 heteroatoms. The molecule has 0 aliphatic heterocycles. The fourth-order valence-electron chi connectivity index (χ4n) is 9.55. The number of hydrogen-bond acceptors (Lipinski definition) is 21. The van der Waals surface area contributed by atoms with Gasteiger partial charge in [-0.1, -0.05) is 78.3 Å². The number of hydrogen-bond donors (Lipinski definition) is 20. The first kappa shape index (κ1) is 92.0. The summed E-state index contributed by atoms with van der Waals surface area (Å²) in [5, 5.41) is 59.1. The second-order valence-corrected chi connectivity index (χ2v) is 27.5. The number of carbonyl (C=O) groups is 16. The van der Waals surface area contributed by atoms with Crippen LogP contribution in [0.4, 0.5) is 0 Å². The van der Waals surface area contributed by atoms with Gasteiger partial charge in [0.1, 0.15) is 66.5 Å². The maximum absolute atomic E-state index is 14.6. The van der Waals surface area contributed by atoms with E-state index in [4.69, 9.17) is 22.9 Å². The third-order valence-electron chi connectivity index (χ3n) is 15.6. The third-order valence-corrected chi connectivity index (χ3v) is 17.5. The Morgan fingerprint density at radius 2 is 0.981 bits per heavy atom. The van der Waals surface area contributed by atoms with Gasteiger partial charge in [0.2, 0.25) is 76.8 Å². The van der Waals surface area contributed by atoms with Crippen molar-refractivity contribution in [3.8, 4) is 0 Å². The van der Waals surface area contributed by atoms with E-state index in [1.165, 1.54) is 25.6 Å². The number of benzene rings is 1. The van der Waals surface area contributed by atoms with E-state index < -0.39 is 205 Å². The van der Waals surface area contributed by atoms with E-state index in [1.807, 2.05) is 0 Å². The number of aliphatic imine (C=N–C) groups is 1. The summed E-state index contributed by atoms with van der Waals surface area (Å²) >= 11 is 6.22. The fraction of sp³-hybridized carbons (Fsp3) is 0.641. The summed E-state index contributed by atoms with van der Waals surface area (Å²) in [6.45, 7) is 12.5. The second-order valence-electron chi connectivity index (χ2n) is 25.1. The monoisotopic (exact) mass is 1510 g/mol. The number of carbonyl (C=O) groups excluding carboxylic acids is 13. The minimum atomic E-state index is -1.81. The first-order valence-electron chi connectivity index (χ1n) is 33.4. The van der Waals surface area contributed by atoms with Gasteiger partial charge in [-0.25, -0.2) is 4.79 Å². The van der Waals surface area contributed by atoms with Gasteiger partial charge in [0, 0.05) is 50.7 Å². The van der Waals surface area contributed by atoms with E-state index in [-0.39, 0.29) is 86.5 Å². The standard InChI is InChI=1S/C64H105N17O19S3/c1-10-34(6)51(62(98)78-45(29-101)63(99)100)81-59(95)44(28-37-15-12-11-13-16-37)77-58(94)43(27-32(2)3)76-54(90)39(17-14-25-69-64(67)68)75-61(97)50(33(4)5)80-52(88)35(7)71-60(96)46(30-103-31-70-36(8)82)79-56(92)41(20-23-49(86)87)73-55(91)40(19-22-48(84)85)74-57(93)42(24-26-102-9)72-53(89)38(65)18-21-47(66)83/h11-13,15-16,32-35,38-46,50-51,101H,10,14,17-31,65H2,1-9H3,(H2,66,83)(H,70,82)(H,71,96)(H,72,89)(H,73,91)(H,74,93)(H,75,97)(H,76,90)(H,77,94)(H,78,98)(H,79,92)(H,80,88)(H,81,95)(H,84,85)(H,86,87)(H,99,100)(H4,67,68,69)/t34-,35-,38-,39-,40-,41-,42-,43-,44-,45-,46-,50-,51-/m0/s1. The van der Waals surface area contributed by atoms with Crippen LogP contribution in [0.5, 0.6) is 0 Å². The lowest BCUT2D eigenvalue weighted by Crippen LogP contribution is -2.61. The van der Waals surface area contributed by atoms with Gasteiger partial charge in [0.25, 0.3) is 0 Å². The van der Waals surface area contributed by atoms with Crippen molar-refractivity contribution in [2.24, 2.45) is 45.7 Å². The van der Waals surface area contributed by atoms with Crippen molar-refractivity contribution in [2.45, 2.75) is 205 Å². The van der Waals surface area contributed by atoms with Crippen LogP contribution in [0.15, 0.2) is 35.3 Å². The van der Waals surface area contributed by atoms with Crippen LogP contribution in [0.3, 0.4) is 0 Å². The Bertz CT molecular complexity index is 3080. The number of amides is 13. The van der Waals surface area contributed by atoms with Gasteiger partial charge in [-0.05, 0) is 87.2 Å². The van der Waals surface area contributed by atoms with Crippen molar-refractivity contribution in [1.82, 2.24) is 63.8 Å². The first-order chi connectivity index (χ1) is 48.3. The Hall–Kier alpha value is -8.98. The minimum absolute atomic E-state index is 0.0131. The molecule has 0 aliphatic rings. The molecule has 36 nitrogen and oxygen atoms in total. The fourth-order valence-corrected chi connectivity index (χ4v) is 11.2. The summed E-state index contributed by atoms with van der Waals surface area (Å²) in [7, 11) is 0. The van der Waals surface area contributed by atoms with Crippen LogP contribution in [0.25, 0.3) is 0 Å². The molecular weight excluding hydrogens is 1410 g/mol. The molecule has 0 radical (unpaired) electrons. The molecule has 103 heavy (non-hydrogen) atoms. The lowest BCUT2D eigenvalue weighted by Gasteiger charge is -2.30. The molecule has 578 valence electrons. The number of nitrogens with two attached hydrogens (primary N) is 4. The molecule has 1 aromatic rings. The maximum Gasteiger partial charge on any atom is 0.327 e. The van der Waals surface area contributed by atoms with Crippen molar-refractivity contribution in [3.63, 3.8) is 0 Å². The molecule has 1 rings (SSSR count). The summed E-state index contributed by atoms with van der Waals surface area (Å²) in [6, 6.07) is -9.14. The van der Waals surface area contributed by atoms with Crippen LogP contribution in [0, 0.1) is 17.8 Å². The first-order valence-corrected chi connectivity index (χ1v) is 36.6. The van der Waals surface area contributed by atoms with Gasteiger partial charge in [-0.3, -0.25) is 76.9 Å². The van der Waals surface area contributed by atoms with Gasteiger partial charge in [0.15, 0.2) is 5.96 Å². The van der Waals surface area contributed by atoms with Crippen molar-refractivity contribution >= 4 is 137 Å². The average molecular weight is 1510 g/mol. The van der Waals surface area contributed by atoms with Gasteiger partial charge < -0.3 is 102 Å². The number of thioether (sulfide) groups is 2. The molecule has 0 unspecified atom stereocenters. The van der Waals surface area contributed by atoms with Gasteiger partial charge in [-0.2, -0.15) is 24.4 Å². The van der Waals surface area contributed by atoms with Gasteiger partial charge in [0.05, 0.1) is 11.9 Å². The molecule has 0 heterocycles. The molecule has 0 bridgehead atoms. The highest BCUT2D eigenvalue weighted by molar-refractivity contribution is 7.99. The molecule has 0 aromatic heterocycles. The molecule has 13 atom stereocenters. The number of carboxylic acids is 3. The molecule has 23 N–H and O–H groups in total. The van der Waals surface area contributed by atoms with Crippen molar-refractivity contribution in [3.05, 3.63) is 35.9 Å². The van der Waals surface area contributed by atoms with Crippen molar-refractivity contribution in [1.29, 1.82) is 0 Å². The van der Waals surface area contributed by atoms with Crippen LogP contribution < -0.4 is 86.7 Å². The Morgan fingerprint density at radius 1 is 0.524 bits per heavy atom. The lowest BCUT2D eigenvalue weighted by molar-refractivity contribution is -0.142. The van der Waals surface area contributed by atoms with Crippen LogP contribution in [0.1, 0.15) is 132 Å². The highest BCUT2D eigenvalue weighted by Crippen LogP contribution is 2.15. The average Bonchev–Trinajstić information content (AvgIpc) is 0.852. The number of thiol groups is 1. The number of rotatable bonds is 51. The topological polar surface area (TPSA) is 595 Å². The number of carboxylic acid groups (broad SMARTS) is 3. The zero-order valence-corrected chi connectivity index (χ0v) is 62.0. The number of guanidine groups is 1. The van der Waals surface area contributed by atoms with Crippen molar-refractivity contribution in [2.75, 3.05) is 35.9 Å². The zero-order valence-electron chi connectivity index (χ0n) is 59.5. The van der Waals surface area contributed by atoms with E-state index >= 15 is 0 Å². The smallest absolute Gasteiger partial charge is 0.327 e. The van der Waals surface area contributed by atoms with Crippen LogP contribution in [-0.4, -0.2) is 224 Å². The maximum atomic E-state index is 14.6. The highest BCUT2D eigenvalue weighted by atomic mass is 32.2. The Kier molecular flexibility index (Phi) is 43.6. The molecule has 0 saturated heterocycles. The molecule has 0 saturated carbocycles.